The van der Waals surface area contributed by atoms with Gasteiger partial charge in [-0.25, -0.2) is 4.98 Å². The fourth-order valence-electron chi connectivity index (χ4n) is 1.60. The molecule has 0 saturated carbocycles. The van der Waals surface area contributed by atoms with E-state index in [0.717, 1.165) is 22.6 Å². The summed E-state index contributed by atoms with van der Waals surface area (Å²) in [5.74, 6) is -0.116. The van der Waals surface area contributed by atoms with Crippen LogP contribution in [0.15, 0.2) is 22.8 Å². The number of alkyl halides is 1. The first kappa shape index (κ1) is 15.6. The second-order valence-electron chi connectivity index (χ2n) is 4.39. The van der Waals surface area contributed by atoms with Crippen molar-refractivity contribution in [2.75, 3.05) is 11.9 Å². The molecule has 18 heavy (non-hydrogen) atoms. The summed E-state index contributed by atoms with van der Waals surface area (Å²) in [7, 11) is 0. The van der Waals surface area contributed by atoms with E-state index < -0.39 is 0 Å². The minimum Gasteiger partial charge on any atom is -0.350 e. The van der Waals surface area contributed by atoms with Gasteiger partial charge in [-0.2, -0.15) is 0 Å². The van der Waals surface area contributed by atoms with Crippen LogP contribution in [0.2, 0.25) is 0 Å². The number of halogens is 2. The molecule has 0 atom stereocenters. The molecule has 0 unspecified atom stereocenters. The van der Waals surface area contributed by atoms with Gasteiger partial charge in [-0.1, -0.05) is 29.8 Å². The Morgan fingerprint density at radius 1 is 1.39 bits per heavy atom. The third-order valence-corrected chi connectivity index (χ3v) is 5.03. The number of rotatable bonds is 6. The van der Waals surface area contributed by atoms with Crippen molar-refractivity contribution < 1.29 is 4.79 Å². The van der Waals surface area contributed by atoms with E-state index in [1.165, 1.54) is 0 Å². The molecule has 1 aromatic rings. The Hall–Kier alpha value is -0.420. The van der Waals surface area contributed by atoms with Crippen LogP contribution < -0.4 is 5.32 Å². The van der Waals surface area contributed by atoms with E-state index in [9.17, 15) is 4.79 Å². The average Bonchev–Trinajstić information content (AvgIpc) is 2.41. The smallest absolute Gasteiger partial charge is 0.269 e. The van der Waals surface area contributed by atoms with Crippen molar-refractivity contribution in [3.63, 3.8) is 0 Å². The Morgan fingerprint density at radius 2 is 2.06 bits per heavy atom. The maximum atomic E-state index is 11.9. The highest BCUT2D eigenvalue weighted by Gasteiger charge is 2.25. The van der Waals surface area contributed by atoms with Crippen LogP contribution in [0.1, 0.15) is 37.2 Å². The van der Waals surface area contributed by atoms with Gasteiger partial charge < -0.3 is 5.32 Å². The van der Waals surface area contributed by atoms with Crippen molar-refractivity contribution >= 4 is 37.8 Å². The SMILES string of the molecule is CCC(CC)(CBr)CNC(=O)c1ccc(Br)cn1. The molecule has 0 bridgehead atoms. The number of nitrogens with zero attached hydrogens (tertiary/aromatic N) is 1. The summed E-state index contributed by atoms with van der Waals surface area (Å²) >= 11 is 6.83. The molecule has 5 heteroatoms. The maximum Gasteiger partial charge on any atom is 0.269 e. The number of carbonyl (C=O) groups excluding carboxylic acids is 1. The number of amides is 1. The van der Waals surface area contributed by atoms with Gasteiger partial charge in [0.2, 0.25) is 0 Å². The van der Waals surface area contributed by atoms with Crippen molar-refractivity contribution in [3.8, 4) is 0 Å². The predicted molar refractivity (Wildman–Crippen MR) is 81.1 cm³/mol. The Balaban J connectivity index is 2.63. The molecule has 1 heterocycles. The van der Waals surface area contributed by atoms with Crippen molar-refractivity contribution in [1.29, 1.82) is 0 Å². The van der Waals surface area contributed by atoms with E-state index >= 15 is 0 Å². The van der Waals surface area contributed by atoms with Gasteiger partial charge in [0.15, 0.2) is 0 Å². The number of carbonyl (C=O) groups is 1. The van der Waals surface area contributed by atoms with Crippen LogP contribution in [0.3, 0.4) is 0 Å². The quantitative estimate of drug-likeness (QED) is 0.766. The standard InChI is InChI=1S/C13H18Br2N2O/c1-3-13(4-2,8-14)9-17-12(18)11-6-5-10(15)7-16-11/h5-7H,3-4,8-9H2,1-2H3,(H,17,18). The van der Waals surface area contributed by atoms with Crippen molar-refractivity contribution in [2.45, 2.75) is 26.7 Å². The molecule has 1 N–H and O–H groups in total. The molecule has 0 aliphatic rings. The van der Waals surface area contributed by atoms with E-state index in [-0.39, 0.29) is 11.3 Å². The Bertz CT molecular complexity index is 380. The van der Waals surface area contributed by atoms with Gasteiger partial charge in [0, 0.05) is 22.5 Å². The second-order valence-corrected chi connectivity index (χ2v) is 5.86. The first-order valence-electron chi connectivity index (χ1n) is 6.02. The molecule has 0 aliphatic heterocycles. The van der Waals surface area contributed by atoms with Crippen LogP contribution in [0.4, 0.5) is 0 Å². The lowest BCUT2D eigenvalue weighted by molar-refractivity contribution is 0.0927. The Labute approximate surface area is 125 Å². The highest BCUT2D eigenvalue weighted by molar-refractivity contribution is 9.10. The summed E-state index contributed by atoms with van der Waals surface area (Å²) in [6, 6.07) is 3.53. The van der Waals surface area contributed by atoms with Crippen molar-refractivity contribution in [1.82, 2.24) is 10.3 Å². The van der Waals surface area contributed by atoms with Gasteiger partial charge in [-0.3, -0.25) is 4.79 Å². The van der Waals surface area contributed by atoms with Crippen molar-refractivity contribution in [3.05, 3.63) is 28.5 Å². The fourth-order valence-corrected chi connectivity index (χ4v) is 2.83. The van der Waals surface area contributed by atoms with Crippen LogP contribution >= 0.6 is 31.9 Å². The van der Waals surface area contributed by atoms with Gasteiger partial charge in [0.1, 0.15) is 5.69 Å². The summed E-state index contributed by atoms with van der Waals surface area (Å²) in [6.07, 6.45) is 3.69. The zero-order valence-electron chi connectivity index (χ0n) is 10.7. The molecule has 100 valence electrons. The van der Waals surface area contributed by atoms with Gasteiger partial charge in [0.05, 0.1) is 0 Å². The first-order chi connectivity index (χ1) is 8.56. The molecule has 0 aliphatic carbocycles. The highest BCUT2D eigenvalue weighted by atomic mass is 79.9. The minimum absolute atomic E-state index is 0.116. The number of aromatic nitrogens is 1. The van der Waals surface area contributed by atoms with Crippen LogP contribution in [-0.2, 0) is 0 Å². The van der Waals surface area contributed by atoms with Crippen LogP contribution in [0.25, 0.3) is 0 Å². The summed E-state index contributed by atoms with van der Waals surface area (Å²) in [5.41, 5.74) is 0.583. The highest BCUT2D eigenvalue weighted by Crippen LogP contribution is 2.27. The van der Waals surface area contributed by atoms with Gasteiger partial charge in [0.25, 0.3) is 5.91 Å². The molecule has 1 aromatic heterocycles. The molecule has 0 fully saturated rings. The maximum absolute atomic E-state index is 11.9. The summed E-state index contributed by atoms with van der Waals surface area (Å²) in [6.45, 7) is 4.96. The summed E-state index contributed by atoms with van der Waals surface area (Å²) in [4.78, 5) is 16.0. The van der Waals surface area contributed by atoms with Gasteiger partial charge in [-0.05, 0) is 46.3 Å². The first-order valence-corrected chi connectivity index (χ1v) is 7.94. The molecule has 0 aromatic carbocycles. The molecule has 0 radical (unpaired) electrons. The Morgan fingerprint density at radius 3 is 2.50 bits per heavy atom. The lowest BCUT2D eigenvalue weighted by Crippen LogP contribution is -2.38. The normalized spacial score (nSPS) is 11.3. The van der Waals surface area contributed by atoms with Crippen LogP contribution in [0, 0.1) is 5.41 Å². The van der Waals surface area contributed by atoms with E-state index in [1.54, 1.807) is 12.3 Å². The topological polar surface area (TPSA) is 42.0 Å². The second kappa shape index (κ2) is 7.24. The van der Waals surface area contributed by atoms with Crippen LogP contribution in [-0.4, -0.2) is 22.8 Å². The minimum atomic E-state index is -0.116. The number of nitrogens with one attached hydrogen (secondary N) is 1. The molecule has 3 nitrogen and oxygen atoms in total. The van der Waals surface area contributed by atoms with Gasteiger partial charge in [-0.15, -0.1) is 0 Å². The molecule has 1 rings (SSSR count). The lowest BCUT2D eigenvalue weighted by Gasteiger charge is -2.29. The lowest BCUT2D eigenvalue weighted by atomic mass is 9.84. The molecule has 0 spiro atoms. The summed E-state index contributed by atoms with van der Waals surface area (Å²) in [5, 5.41) is 3.86. The zero-order chi connectivity index (χ0) is 13.6. The largest absolute Gasteiger partial charge is 0.350 e. The van der Waals surface area contributed by atoms with Crippen molar-refractivity contribution in [2.24, 2.45) is 5.41 Å². The van der Waals surface area contributed by atoms with Gasteiger partial charge >= 0.3 is 0 Å². The molecule has 1 amide bonds. The molecule has 0 saturated heterocycles. The third kappa shape index (κ3) is 4.05. The summed E-state index contributed by atoms with van der Waals surface area (Å²) < 4.78 is 0.871. The molecular formula is C13H18Br2N2O. The van der Waals surface area contributed by atoms with E-state index in [4.69, 9.17) is 0 Å². The Kier molecular flexibility index (Phi) is 6.29. The van der Waals surface area contributed by atoms with E-state index in [2.05, 4.69) is 56.0 Å². The number of hydrogen-bond donors (Lipinski definition) is 1. The third-order valence-electron chi connectivity index (χ3n) is 3.37. The average molecular weight is 378 g/mol. The predicted octanol–water partition coefficient (Wildman–Crippen LogP) is 3.78. The van der Waals surface area contributed by atoms with E-state index in [0.29, 0.717) is 12.2 Å². The number of pyridine rings is 1. The number of hydrogen-bond acceptors (Lipinski definition) is 2. The van der Waals surface area contributed by atoms with Crippen LogP contribution in [0.5, 0.6) is 0 Å². The fraction of sp³-hybridized carbons (Fsp3) is 0.538. The van der Waals surface area contributed by atoms with E-state index in [1.807, 2.05) is 6.07 Å². The molecular weight excluding hydrogens is 360 g/mol. The monoisotopic (exact) mass is 376 g/mol. The zero-order valence-corrected chi connectivity index (χ0v) is 13.8.